The van der Waals surface area contributed by atoms with E-state index in [1.807, 2.05) is 6.08 Å². The van der Waals surface area contributed by atoms with Gasteiger partial charge in [0.1, 0.15) is 6.29 Å². The van der Waals surface area contributed by atoms with Crippen molar-refractivity contribution in [1.82, 2.24) is 4.90 Å². The van der Waals surface area contributed by atoms with Gasteiger partial charge in [-0.2, -0.15) is 0 Å². The van der Waals surface area contributed by atoms with Crippen molar-refractivity contribution >= 4 is 17.9 Å². The van der Waals surface area contributed by atoms with Gasteiger partial charge in [-0.1, -0.05) is 23.8 Å². The summed E-state index contributed by atoms with van der Waals surface area (Å²) in [6, 6.07) is 0.0431. The molecular weight excluding hydrogens is 226 g/mol. The maximum Gasteiger partial charge on any atom is 0.142 e. The molecule has 0 radical (unpaired) electrons. The second-order valence-corrected chi connectivity index (χ2v) is 4.17. The summed E-state index contributed by atoms with van der Waals surface area (Å²) in [7, 11) is 1.00. The van der Waals surface area contributed by atoms with E-state index in [9.17, 15) is 4.79 Å². The highest BCUT2D eigenvalue weighted by Crippen LogP contribution is 2.30. The Morgan fingerprint density at radius 3 is 2.75 bits per heavy atom. The van der Waals surface area contributed by atoms with Crippen molar-refractivity contribution in [3.05, 3.63) is 22.9 Å². The van der Waals surface area contributed by atoms with Crippen LogP contribution in [0.1, 0.15) is 25.7 Å². The number of rotatable bonds is 2. The van der Waals surface area contributed by atoms with E-state index in [4.69, 9.17) is 16.7 Å². The molecule has 0 amide bonds. The highest BCUT2D eigenvalue weighted by atomic mass is 35.5. The fraction of sp³-hybridized carbons (Fsp3) is 0.583. The van der Waals surface area contributed by atoms with Crippen LogP contribution < -0.4 is 0 Å². The molecule has 1 N–H and O–H groups in total. The SMILES string of the molecule is CO.O=CC1CCCN1C1=CCCC=C1Cl. The molecule has 0 aromatic heterocycles. The molecule has 0 aromatic carbocycles. The number of carbonyl (C=O) groups excluding carboxylic acids is 1. The topological polar surface area (TPSA) is 40.5 Å². The Kier molecular flexibility index (Phi) is 5.56. The third-order valence-corrected chi connectivity index (χ3v) is 3.19. The lowest BCUT2D eigenvalue weighted by molar-refractivity contribution is -0.111. The average Bonchev–Trinajstić information content (AvgIpc) is 2.80. The molecule has 1 heterocycles. The largest absolute Gasteiger partial charge is 0.400 e. The van der Waals surface area contributed by atoms with Crippen LogP contribution in [-0.2, 0) is 4.79 Å². The fourth-order valence-corrected chi connectivity index (χ4v) is 2.41. The van der Waals surface area contributed by atoms with Crippen molar-refractivity contribution in [1.29, 1.82) is 0 Å². The van der Waals surface area contributed by atoms with Crippen LogP contribution >= 0.6 is 11.6 Å². The van der Waals surface area contributed by atoms with E-state index in [1.165, 1.54) is 0 Å². The van der Waals surface area contributed by atoms with Gasteiger partial charge in [0.2, 0.25) is 0 Å². The first-order chi connectivity index (χ1) is 7.83. The molecule has 16 heavy (non-hydrogen) atoms. The van der Waals surface area contributed by atoms with Crippen LogP contribution in [0.4, 0.5) is 0 Å². The molecule has 1 saturated heterocycles. The Balaban J connectivity index is 0.000000606. The molecule has 1 aliphatic heterocycles. The van der Waals surface area contributed by atoms with Gasteiger partial charge in [-0.15, -0.1) is 0 Å². The first-order valence-corrected chi connectivity index (χ1v) is 5.93. The number of hydrogen-bond acceptors (Lipinski definition) is 3. The average molecular weight is 244 g/mol. The third-order valence-electron chi connectivity index (χ3n) is 2.84. The van der Waals surface area contributed by atoms with Crippen molar-refractivity contribution in [3.8, 4) is 0 Å². The molecule has 0 saturated carbocycles. The number of aliphatic hydroxyl groups is 1. The van der Waals surface area contributed by atoms with E-state index in [2.05, 4.69) is 11.0 Å². The Labute approximate surface area is 101 Å². The summed E-state index contributed by atoms with van der Waals surface area (Å²) in [5.74, 6) is 0. The number of carbonyl (C=O) groups is 1. The molecule has 0 aromatic rings. The highest BCUT2D eigenvalue weighted by molar-refractivity contribution is 6.32. The molecular formula is C12H18ClNO2. The van der Waals surface area contributed by atoms with Gasteiger partial charge in [-0.25, -0.2) is 0 Å². The first kappa shape index (κ1) is 13.3. The lowest BCUT2D eigenvalue weighted by atomic mass is 10.1. The maximum atomic E-state index is 10.8. The molecule has 90 valence electrons. The summed E-state index contributed by atoms with van der Waals surface area (Å²) in [4.78, 5) is 13.0. The second kappa shape index (κ2) is 6.71. The van der Waals surface area contributed by atoms with Crippen LogP contribution in [0, 0.1) is 0 Å². The molecule has 3 nitrogen and oxygen atoms in total. The summed E-state index contributed by atoms with van der Waals surface area (Å²) in [5.41, 5.74) is 1.06. The van der Waals surface area contributed by atoms with Gasteiger partial charge in [0.25, 0.3) is 0 Å². The Morgan fingerprint density at radius 2 is 2.12 bits per heavy atom. The number of likely N-dealkylation sites (tertiary alicyclic amines) is 1. The van der Waals surface area contributed by atoms with E-state index in [0.29, 0.717) is 0 Å². The van der Waals surface area contributed by atoms with E-state index in [0.717, 1.165) is 56.4 Å². The van der Waals surface area contributed by atoms with Gasteiger partial charge in [0.05, 0.1) is 16.8 Å². The van der Waals surface area contributed by atoms with Gasteiger partial charge >= 0.3 is 0 Å². The van der Waals surface area contributed by atoms with Crippen molar-refractivity contribution in [2.24, 2.45) is 0 Å². The molecule has 2 aliphatic rings. The minimum Gasteiger partial charge on any atom is -0.400 e. The zero-order valence-electron chi connectivity index (χ0n) is 9.53. The van der Waals surface area contributed by atoms with E-state index in [1.54, 1.807) is 0 Å². The van der Waals surface area contributed by atoms with Crippen LogP contribution in [0.2, 0.25) is 0 Å². The zero-order chi connectivity index (χ0) is 12.0. The number of allylic oxidation sites excluding steroid dienone is 3. The van der Waals surface area contributed by atoms with Gasteiger partial charge in [0.15, 0.2) is 0 Å². The molecule has 2 rings (SSSR count). The van der Waals surface area contributed by atoms with Gasteiger partial charge < -0.3 is 14.8 Å². The van der Waals surface area contributed by atoms with Crippen LogP contribution in [0.15, 0.2) is 22.9 Å². The van der Waals surface area contributed by atoms with Crippen LogP contribution in [0.5, 0.6) is 0 Å². The van der Waals surface area contributed by atoms with Crippen molar-refractivity contribution in [2.75, 3.05) is 13.7 Å². The van der Waals surface area contributed by atoms with Gasteiger partial charge in [0, 0.05) is 13.7 Å². The molecule has 1 unspecified atom stereocenters. The monoisotopic (exact) mass is 243 g/mol. The van der Waals surface area contributed by atoms with Crippen LogP contribution in [0.25, 0.3) is 0 Å². The minimum atomic E-state index is 0.0431. The summed E-state index contributed by atoms with van der Waals surface area (Å²) >= 11 is 6.12. The number of nitrogens with zero attached hydrogens (tertiary/aromatic N) is 1. The predicted molar refractivity (Wildman–Crippen MR) is 65.2 cm³/mol. The van der Waals surface area contributed by atoms with Crippen molar-refractivity contribution < 1.29 is 9.90 Å². The number of hydrogen-bond donors (Lipinski definition) is 1. The summed E-state index contributed by atoms with van der Waals surface area (Å²) in [6.07, 6.45) is 9.32. The van der Waals surface area contributed by atoms with E-state index >= 15 is 0 Å². The van der Waals surface area contributed by atoms with Crippen molar-refractivity contribution in [2.45, 2.75) is 31.7 Å². The number of aldehydes is 1. The molecule has 1 atom stereocenters. The van der Waals surface area contributed by atoms with E-state index in [-0.39, 0.29) is 6.04 Å². The number of aliphatic hydroxyl groups excluding tert-OH is 1. The summed E-state index contributed by atoms with van der Waals surface area (Å²) < 4.78 is 0. The van der Waals surface area contributed by atoms with Crippen LogP contribution in [0.3, 0.4) is 0 Å². The second-order valence-electron chi connectivity index (χ2n) is 3.76. The molecule has 1 aliphatic carbocycles. The summed E-state index contributed by atoms with van der Waals surface area (Å²) in [5, 5.41) is 7.81. The number of halogens is 1. The van der Waals surface area contributed by atoms with E-state index < -0.39 is 0 Å². The smallest absolute Gasteiger partial charge is 0.142 e. The lowest BCUT2D eigenvalue weighted by Crippen LogP contribution is -2.30. The standard InChI is InChI=1S/C11H14ClNO.CH4O/c12-10-5-1-2-6-11(10)13-7-3-4-9(13)8-14;1-2/h5-6,8-9H,1-4,7H2;2H,1H3. The zero-order valence-corrected chi connectivity index (χ0v) is 10.3. The molecule has 0 bridgehead atoms. The highest BCUT2D eigenvalue weighted by Gasteiger charge is 2.27. The first-order valence-electron chi connectivity index (χ1n) is 5.56. The van der Waals surface area contributed by atoms with Gasteiger partial charge in [-0.3, -0.25) is 0 Å². The normalized spacial score (nSPS) is 24.2. The Morgan fingerprint density at radius 1 is 1.44 bits per heavy atom. The molecule has 4 heteroatoms. The van der Waals surface area contributed by atoms with Gasteiger partial charge in [-0.05, 0) is 25.7 Å². The maximum absolute atomic E-state index is 10.8. The molecule has 1 fully saturated rings. The third kappa shape index (κ3) is 2.86. The Hall–Kier alpha value is -0.800. The molecule has 0 spiro atoms. The van der Waals surface area contributed by atoms with Crippen molar-refractivity contribution in [3.63, 3.8) is 0 Å². The summed E-state index contributed by atoms with van der Waals surface area (Å²) in [6.45, 7) is 0.958. The minimum absolute atomic E-state index is 0.0431. The Bertz CT molecular complexity index is 299. The fourth-order valence-electron chi connectivity index (χ4n) is 2.12. The lowest BCUT2D eigenvalue weighted by Gasteiger charge is -2.27. The van der Waals surface area contributed by atoms with Crippen LogP contribution in [-0.4, -0.2) is 36.0 Å². The predicted octanol–water partition coefficient (Wildman–Crippen LogP) is 2.06. The quantitative estimate of drug-likeness (QED) is 0.755.